The summed E-state index contributed by atoms with van der Waals surface area (Å²) in [6.45, 7) is 4.46. The zero-order valence-corrected chi connectivity index (χ0v) is 11.0. The van der Waals surface area contributed by atoms with Gasteiger partial charge in [0.15, 0.2) is 5.16 Å². The van der Waals surface area contributed by atoms with Crippen molar-refractivity contribution in [1.82, 2.24) is 24.7 Å². The molecule has 3 N–H and O–H groups in total. The van der Waals surface area contributed by atoms with E-state index in [1.807, 2.05) is 13.8 Å². The molecular formula is C10H14N6OS. The number of aromatic amines is 1. The maximum absolute atomic E-state index is 11.5. The largest absolute Gasteiger partial charge is 0.368 e. The highest BCUT2D eigenvalue weighted by Gasteiger charge is 2.10. The Balaban J connectivity index is 2.31. The van der Waals surface area contributed by atoms with Crippen molar-refractivity contribution in [2.24, 2.45) is 0 Å². The molecule has 0 fully saturated rings. The number of nitrogens with zero attached hydrogens (tertiary/aromatic N) is 4. The number of nitrogens with one attached hydrogen (secondary N) is 1. The van der Waals surface area contributed by atoms with Gasteiger partial charge in [-0.2, -0.15) is 0 Å². The van der Waals surface area contributed by atoms with E-state index in [0.29, 0.717) is 16.7 Å². The highest BCUT2D eigenvalue weighted by Crippen LogP contribution is 2.24. The van der Waals surface area contributed by atoms with E-state index in [1.165, 1.54) is 11.8 Å². The van der Waals surface area contributed by atoms with Gasteiger partial charge in [-0.1, -0.05) is 6.92 Å². The maximum Gasteiger partial charge on any atom is 0.343 e. The molecule has 0 atom stereocenters. The van der Waals surface area contributed by atoms with Crippen LogP contribution >= 0.6 is 11.8 Å². The minimum atomic E-state index is -0.210. The number of H-pyrrole nitrogens is 1. The van der Waals surface area contributed by atoms with Crippen LogP contribution in [0.2, 0.25) is 0 Å². The van der Waals surface area contributed by atoms with Crippen LogP contribution in [0.1, 0.15) is 19.0 Å². The summed E-state index contributed by atoms with van der Waals surface area (Å²) in [5, 5.41) is 7.67. The molecule has 0 saturated carbocycles. The first-order chi connectivity index (χ1) is 8.60. The van der Waals surface area contributed by atoms with Gasteiger partial charge in [-0.3, -0.25) is 4.57 Å². The number of hydrogen-bond acceptors (Lipinski definition) is 6. The second-order valence-electron chi connectivity index (χ2n) is 3.77. The Morgan fingerprint density at radius 2 is 2.28 bits per heavy atom. The normalized spacial score (nSPS) is 10.8. The molecular weight excluding hydrogens is 252 g/mol. The third-order valence-corrected chi connectivity index (χ3v) is 3.13. The van der Waals surface area contributed by atoms with Crippen molar-refractivity contribution in [3.63, 3.8) is 0 Å². The first-order valence-electron chi connectivity index (χ1n) is 5.54. The monoisotopic (exact) mass is 266 g/mol. The standard InChI is InChI=1S/C10H14N6OS/c1-3-4-16-9(17)14-15-10(16)18-7-5-6(2)12-8(11)13-7/h5H,3-4H2,1-2H3,(H,14,17)(H2,11,12,13). The number of nitrogen functional groups attached to an aromatic ring is 1. The summed E-state index contributed by atoms with van der Waals surface area (Å²) in [6, 6.07) is 1.80. The predicted octanol–water partition coefficient (Wildman–Crippen LogP) is 0.813. The molecule has 96 valence electrons. The van der Waals surface area contributed by atoms with E-state index in [2.05, 4.69) is 20.2 Å². The van der Waals surface area contributed by atoms with Crippen LogP contribution in [0.4, 0.5) is 5.95 Å². The molecule has 0 saturated heterocycles. The van der Waals surface area contributed by atoms with Crippen LogP contribution in [0.5, 0.6) is 0 Å². The van der Waals surface area contributed by atoms with E-state index in [9.17, 15) is 4.79 Å². The van der Waals surface area contributed by atoms with Crippen LogP contribution in [0, 0.1) is 6.92 Å². The topological polar surface area (TPSA) is 102 Å². The molecule has 0 aromatic carbocycles. The average molecular weight is 266 g/mol. The zero-order valence-electron chi connectivity index (χ0n) is 10.2. The third kappa shape index (κ3) is 2.70. The molecule has 7 nitrogen and oxygen atoms in total. The number of aryl methyl sites for hydroxylation is 1. The second-order valence-corrected chi connectivity index (χ2v) is 4.76. The van der Waals surface area contributed by atoms with Gasteiger partial charge in [-0.25, -0.2) is 19.9 Å². The van der Waals surface area contributed by atoms with Gasteiger partial charge in [0.1, 0.15) is 5.03 Å². The predicted molar refractivity (Wildman–Crippen MR) is 68.4 cm³/mol. The summed E-state index contributed by atoms with van der Waals surface area (Å²) < 4.78 is 1.58. The van der Waals surface area contributed by atoms with Crippen molar-refractivity contribution in [3.8, 4) is 0 Å². The lowest BCUT2D eigenvalue weighted by Gasteiger charge is -2.04. The average Bonchev–Trinajstić information content (AvgIpc) is 2.60. The van der Waals surface area contributed by atoms with Crippen LogP contribution in [-0.2, 0) is 6.54 Å². The van der Waals surface area contributed by atoms with Gasteiger partial charge >= 0.3 is 5.69 Å². The molecule has 18 heavy (non-hydrogen) atoms. The molecule has 2 aromatic rings. The Morgan fingerprint density at radius 3 is 2.94 bits per heavy atom. The summed E-state index contributed by atoms with van der Waals surface area (Å²) in [4.78, 5) is 19.6. The molecule has 0 aliphatic carbocycles. The van der Waals surface area contributed by atoms with Crippen molar-refractivity contribution in [2.45, 2.75) is 37.0 Å². The second kappa shape index (κ2) is 5.21. The Labute approximate surface area is 108 Å². The first-order valence-corrected chi connectivity index (χ1v) is 6.36. The Bertz CT molecular complexity index is 584. The molecule has 0 aliphatic heterocycles. The molecule has 0 radical (unpaired) electrons. The number of hydrogen-bond donors (Lipinski definition) is 2. The van der Waals surface area contributed by atoms with E-state index in [-0.39, 0.29) is 11.6 Å². The molecule has 2 aromatic heterocycles. The number of anilines is 1. The lowest BCUT2D eigenvalue weighted by atomic mass is 10.5. The molecule has 0 spiro atoms. The van der Waals surface area contributed by atoms with Crippen molar-refractivity contribution in [1.29, 1.82) is 0 Å². The quantitative estimate of drug-likeness (QED) is 0.794. The molecule has 2 heterocycles. The van der Waals surface area contributed by atoms with Crippen molar-refractivity contribution < 1.29 is 0 Å². The minimum Gasteiger partial charge on any atom is -0.368 e. The Hall–Kier alpha value is -1.83. The van der Waals surface area contributed by atoms with Crippen molar-refractivity contribution in [3.05, 3.63) is 22.2 Å². The molecule has 0 bridgehead atoms. The van der Waals surface area contributed by atoms with Gasteiger partial charge in [0.25, 0.3) is 0 Å². The summed E-state index contributed by atoms with van der Waals surface area (Å²) in [5.74, 6) is 0.220. The third-order valence-electron chi connectivity index (χ3n) is 2.21. The Morgan fingerprint density at radius 1 is 1.50 bits per heavy atom. The molecule has 0 aliphatic rings. The Kier molecular flexibility index (Phi) is 3.66. The molecule has 2 rings (SSSR count). The summed E-state index contributed by atoms with van der Waals surface area (Å²) >= 11 is 1.29. The number of rotatable bonds is 4. The van der Waals surface area contributed by atoms with Gasteiger partial charge in [0.05, 0.1) is 0 Å². The van der Waals surface area contributed by atoms with Crippen LogP contribution in [0.25, 0.3) is 0 Å². The zero-order chi connectivity index (χ0) is 13.1. The van der Waals surface area contributed by atoms with Gasteiger partial charge < -0.3 is 5.73 Å². The van der Waals surface area contributed by atoms with Gasteiger partial charge in [-0.05, 0) is 31.2 Å². The highest BCUT2D eigenvalue weighted by atomic mass is 32.2. The molecule has 0 unspecified atom stereocenters. The van der Waals surface area contributed by atoms with Crippen molar-refractivity contribution >= 4 is 17.7 Å². The molecule has 8 heteroatoms. The van der Waals surface area contributed by atoms with E-state index >= 15 is 0 Å². The lowest BCUT2D eigenvalue weighted by molar-refractivity contribution is 0.603. The van der Waals surface area contributed by atoms with Crippen LogP contribution in [0.3, 0.4) is 0 Å². The fourth-order valence-corrected chi connectivity index (χ4v) is 2.44. The first kappa shape index (κ1) is 12.6. The fourth-order valence-electron chi connectivity index (χ4n) is 1.51. The summed E-state index contributed by atoms with van der Waals surface area (Å²) in [5.41, 5.74) is 6.15. The fraction of sp³-hybridized carbons (Fsp3) is 0.400. The van der Waals surface area contributed by atoms with Gasteiger partial charge in [0, 0.05) is 12.2 Å². The minimum absolute atomic E-state index is 0.210. The van der Waals surface area contributed by atoms with E-state index in [1.54, 1.807) is 10.6 Å². The number of aromatic nitrogens is 5. The SMILES string of the molecule is CCCn1c(Sc2cc(C)nc(N)n2)n[nH]c1=O. The van der Waals surface area contributed by atoms with Crippen LogP contribution in [-0.4, -0.2) is 24.7 Å². The van der Waals surface area contributed by atoms with E-state index < -0.39 is 0 Å². The lowest BCUT2D eigenvalue weighted by Crippen LogP contribution is -2.17. The van der Waals surface area contributed by atoms with E-state index in [4.69, 9.17) is 5.73 Å². The molecule has 0 amide bonds. The summed E-state index contributed by atoms with van der Waals surface area (Å²) in [6.07, 6.45) is 0.859. The van der Waals surface area contributed by atoms with Crippen molar-refractivity contribution in [2.75, 3.05) is 5.73 Å². The smallest absolute Gasteiger partial charge is 0.343 e. The van der Waals surface area contributed by atoms with Crippen LogP contribution in [0.15, 0.2) is 21.0 Å². The van der Waals surface area contributed by atoms with Gasteiger partial charge in [0.2, 0.25) is 5.95 Å². The maximum atomic E-state index is 11.5. The highest BCUT2D eigenvalue weighted by molar-refractivity contribution is 7.99. The van der Waals surface area contributed by atoms with Gasteiger partial charge in [-0.15, -0.1) is 5.10 Å². The van der Waals surface area contributed by atoms with E-state index in [0.717, 1.165) is 12.1 Å². The van der Waals surface area contributed by atoms with Crippen LogP contribution < -0.4 is 11.4 Å². The summed E-state index contributed by atoms with van der Waals surface area (Å²) in [7, 11) is 0. The number of nitrogens with two attached hydrogens (primary N) is 1.